The maximum atomic E-state index is 12.2. The Morgan fingerprint density at radius 2 is 2.27 bits per heavy atom. The summed E-state index contributed by atoms with van der Waals surface area (Å²) in [5, 5.41) is -3.15. The summed E-state index contributed by atoms with van der Waals surface area (Å²) in [5.74, 6) is 0. The molecule has 1 aliphatic rings. The first-order valence-electron chi connectivity index (χ1n) is 3.64. The van der Waals surface area contributed by atoms with E-state index in [1.54, 1.807) is 0 Å². The first-order valence-corrected chi connectivity index (χ1v) is 4.43. The van der Waals surface area contributed by atoms with Crippen molar-refractivity contribution in [2.45, 2.75) is 36.8 Å². The topological polar surface area (TPSA) is 9.23 Å². The third kappa shape index (κ3) is 4.01. The van der Waals surface area contributed by atoms with E-state index in [1.165, 1.54) is 0 Å². The number of halogens is 3. The Kier molecular flexibility index (Phi) is 3.25. The van der Waals surface area contributed by atoms with Crippen molar-refractivity contribution in [1.82, 2.24) is 0 Å². The highest BCUT2D eigenvalue weighted by atomic mass is 79.9. The van der Waals surface area contributed by atoms with Crippen LogP contribution in [-0.2, 0) is 4.74 Å². The summed E-state index contributed by atoms with van der Waals surface area (Å²) < 4.78 is 28.8. The van der Waals surface area contributed by atoms with Crippen molar-refractivity contribution >= 4 is 15.9 Å². The van der Waals surface area contributed by atoms with Gasteiger partial charge in [-0.1, -0.05) is 6.42 Å². The third-order valence-electron chi connectivity index (χ3n) is 1.66. The standard InChI is InChI=1S/C7H10BrF2O/c8-7(9,10)11-6-4-2-1-3-5-6/h2,6H,1,3-5H2. The van der Waals surface area contributed by atoms with E-state index >= 15 is 0 Å². The number of hydrogen-bond acceptors (Lipinski definition) is 1. The molecule has 0 bridgehead atoms. The van der Waals surface area contributed by atoms with Gasteiger partial charge < -0.3 is 4.74 Å². The fourth-order valence-corrected chi connectivity index (χ4v) is 1.47. The summed E-state index contributed by atoms with van der Waals surface area (Å²) in [7, 11) is 0. The SMILES string of the molecule is FC(F)(Br)OC1C[CH]CCC1. The molecule has 1 rings (SSSR count). The average molecular weight is 228 g/mol. The lowest BCUT2D eigenvalue weighted by atomic mass is 9.98. The van der Waals surface area contributed by atoms with Gasteiger partial charge in [0.05, 0.1) is 6.10 Å². The molecule has 1 aliphatic carbocycles. The van der Waals surface area contributed by atoms with Crippen LogP contribution in [0.15, 0.2) is 0 Å². The van der Waals surface area contributed by atoms with Gasteiger partial charge in [0.2, 0.25) is 0 Å². The molecule has 4 heteroatoms. The van der Waals surface area contributed by atoms with Gasteiger partial charge in [-0.2, -0.15) is 8.78 Å². The fourth-order valence-electron chi connectivity index (χ4n) is 1.21. The molecule has 0 saturated heterocycles. The van der Waals surface area contributed by atoms with Gasteiger partial charge >= 0.3 is 5.02 Å². The Morgan fingerprint density at radius 1 is 1.55 bits per heavy atom. The number of ether oxygens (including phenoxy) is 1. The van der Waals surface area contributed by atoms with E-state index in [0.717, 1.165) is 19.3 Å². The Labute approximate surface area is 73.2 Å². The van der Waals surface area contributed by atoms with Crippen LogP contribution in [-0.4, -0.2) is 11.1 Å². The van der Waals surface area contributed by atoms with E-state index in [9.17, 15) is 8.78 Å². The van der Waals surface area contributed by atoms with Crippen molar-refractivity contribution in [3.05, 3.63) is 6.42 Å². The number of rotatable bonds is 2. The lowest BCUT2D eigenvalue weighted by Crippen LogP contribution is -2.24. The van der Waals surface area contributed by atoms with Gasteiger partial charge in [0, 0.05) is 15.9 Å². The molecule has 1 atom stereocenters. The molecular weight excluding hydrogens is 218 g/mol. The summed E-state index contributed by atoms with van der Waals surface area (Å²) >= 11 is 2.14. The molecule has 1 radical (unpaired) electrons. The Bertz CT molecular complexity index is 118. The smallest absolute Gasteiger partial charge is 0.308 e. The second-order valence-corrected chi connectivity index (χ2v) is 3.56. The van der Waals surface area contributed by atoms with E-state index in [4.69, 9.17) is 0 Å². The van der Waals surface area contributed by atoms with E-state index in [0.29, 0.717) is 6.42 Å². The van der Waals surface area contributed by atoms with Crippen molar-refractivity contribution in [3.8, 4) is 0 Å². The first kappa shape index (κ1) is 9.39. The highest BCUT2D eigenvalue weighted by molar-refractivity contribution is 9.09. The van der Waals surface area contributed by atoms with E-state index < -0.39 is 5.02 Å². The molecule has 0 aliphatic heterocycles. The maximum absolute atomic E-state index is 12.2. The Hall–Kier alpha value is 0.300. The molecule has 1 unspecified atom stereocenters. The van der Waals surface area contributed by atoms with Crippen LogP contribution < -0.4 is 0 Å². The normalized spacial score (nSPS) is 22.1. The van der Waals surface area contributed by atoms with Crippen molar-refractivity contribution in [1.29, 1.82) is 0 Å². The zero-order valence-electron chi connectivity index (χ0n) is 6.03. The van der Waals surface area contributed by atoms with Crippen LogP contribution in [0.1, 0.15) is 25.7 Å². The lowest BCUT2D eigenvalue weighted by Gasteiger charge is -2.23. The van der Waals surface area contributed by atoms with E-state index in [1.807, 2.05) is 6.42 Å². The molecule has 1 nitrogen and oxygen atoms in total. The molecule has 1 fully saturated rings. The van der Waals surface area contributed by atoms with Crippen LogP contribution in [0.5, 0.6) is 0 Å². The van der Waals surface area contributed by atoms with Crippen LogP contribution in [0.3, 0.4) is 0 Å². The predicted molar refractivity (Wildman–Crippen MR) is 41.5 cm³/mol. The molecule has 0 aromatic carbocycles. The van der Waals surface area contributed by atoms with Crippen LogP contribution in [0.2, 0.25) is 0 Å². The van der Waals surface area contributed by atoms with E-state index in [2.05, 4.69) is 20.7 Å². The molecule has 65 valence electrons. The molecule has 0 N–H and O–H groups in total. The van der Waals surface area contributed by atoms with Crippen molar-refractivity contribution in [2.24, 2.45) is 0 Å². The van der Waals surface area contributed by atoms with Gasteiger partial charge in [-0.15, -0.1) is 0 Å². The minimum atomic E-state index is -3.15. The average Bonchev–Trinajstić information content (AvgIpc) is 1.85. The lowest BCUT2D eigenvalue weighted by molar-refractivity contribution is -0.190. The third-order valence-corrected chi connectivity index (χ3v) is 1.85. The summed E-state index contributed by atoms with van der Waals surface area (Å²) in [5.41, 5.74) is 0. The molecule has 0 amide bonds. The van der Waals surface area contributed by atoms with Gasteiger partial charge in [-0.05, 0) is 25.7 Å². The number of alkyl halides is 3. The summed E-state index contributed by atoms with van der Waals surface area (Å²) in [6.45, 7) is 0. The molecule has 1 saturated carbocycles. The zero-order chi connectivity index (χ0) is 8.32. The minimum absolute atomic E-state index is 0.307. The molecule has 11 heavy (non-hydrogen) atoms. The highest BCUT2D eigenvalue weighted by Gasteiger charge is 2.30. The summed E-state index contributed by atoms with van der Waals surface area (Å²) in [4.78, 5) is 0. The van der Waals surface area contributed by atoms with Crippen LogP contribution >= 0.6 is 15.9 Å². The maximum Gasteiger partial charge on any atom is 0.414 e. The highest BCUT2D eigenvalue weighted by Crippen LogP contribution is 2.30. The Balaban J connectivity index is 2.24. The van der Waals surface area contributed by atoms with Crippen LogP contribution in [0.25, 0.3) is 0 Å². The van der Waals surface area contributed by atoms with Crippen molar-refractivity contribution in [2.75, 3.05) is 0 Å². The second kappa shape index (κ2) is 3.81. The zero-order valence-corrected chi connectivity index (χ0v) is 7.61. The molecule has 0 aromatic heterocycles. The second-order valence-electron chi connectivity index (χ2n) is 2.64. The minimum Gasteiger partial charge on any atom is -0.308 e. The quantitative estimate of drug-likeness (QED) is 0.660. The summed E-state index contributed by atoms with van der Waals surface area (Å²) in [6, 6.07) is 0. The van der Waals surface area contributed by atoms with Gasteiger partial charge in [-0.3, -0.25) is 0 Å². The van der Waals surface area contributed by atoms with Gasteiger partial charge in [0.1, 0.15) is 0 Å². The molecule has 0 spiro atoms. The number of hydrogen-bond donors (Lipinski definition) is 0. The first-order chi connectivity index (χ1) is 5.08. The van der Waals surface area contributed by atoms with Gasteiger partial charge in [0.25, 0.3) is 0 Å². The molecular formula is C7H10BrF2O. The monoisotopic (exact) mass is 227 g/mol. The molecule has 0 heterocycles. The van der Waals surface area contributed by atoms with Crippen molar-refractivity contribution < 1.29 is 13.5 Å². The molecule has 0 aromatic rings. The Morgan fingerprint density at radius 3 is 2.73 bits per heavy atom. The fraction of sp³-hybridized carbons (Fsp3) is 0.857. The predicted octanol–water partition coefficient (Wildman–Crippen LogP) is 3.10. The van der Waals surface area contributed by atoms with Crippen LogP contribution in [0, 0.1) is 6.42 Å². The largest absolute Gasteiger partial charge is 0.414 e. The van der Waals surface area contributed by atoms with Gasteiger partial charge in [0.15, 0.2) is 0 Å². The van der Waals surface area contributed by atoms with Crippen molar-refractivity contribution in [3.63, 3.8) is 0 Å². The van der Waals surface area contributed by atoms with E-state index in [-0.39, 0.29) is 6.10 Å². The summed E-state index contributed by atoms with van der Waals surface area (Å²) in [6.07, 6.45) is 5.03. The van der Waals surface area contributed by atoms with Gasteiger partial charge in [-0.25, -0.2) is 0 Å². The van der Waals surface area contributed by atoms with Crippen LogP contribution in [0.4, 0.5) is 8.78 Å².